The highest BCUT2D eigenvalue weighted by atomic mass is 79.9. The van der Waals surface area contributed by atoms with Gasteiger partial charge in [0.2, 0.25) is 0 Å². The van der Waals surface area contributed by atoms with E-state index in [0.717, 1.165) is 4.60 Å². The van der Waals surface area contributed by atoms with Crippen molar-refractivity contribution < 1.29 is 0 Å². The van der Waals surface area contributed by atoms with E-state index in [2.05, 4.69) is 32.3 Å². The molecule has 0 atom stereocenters. The molecule has 0 saturated heterocycles. The molecule has 0 aliphatic carbocycles. The minimum Gasteiger partial charge on any atom is -0.339 e. The summed E-state index contributed by atoms with van der Waals surface area (Å²) in [6.07, 6.45) is 0. The highest BCUT2D eigenvalue weighted by molar-refractivity contribution is 9.10. The summed E-state index contributed by atoms with van der Waals surface area (Å²) >= 11 is 9.32. The molecule has 0 spiro atoms. The first kappa shape index (κ1) is 11.9. The van der Waals surface area contributed by atoms with E-state index in [1.807, 2.05) is 18.2 Å². The van der Waals surface area contributed by atoms with Crippen molar-refractivity contribution in [3.05, 3.63) is 51.6 Å². The van der Waals surface area contributed by atoms with E-state index in [1.165, 1.54) is 0 Å². The first-order valence-corrected chi connectivity index (χ1v) is 5.95. The molecule has 2 rings (SSSR count). The number of anilines is 2. The van der Waals surface area contributed by atoms with Crippen LogP contribution >= 0.6 is 27.5 Å². The molecule has 5 heteroatoms. The molecule has 1 N–H and O–H groups in total. The number of hydrogen-bond acceptors (Lipinski definition) is 3. The molecule has 2 aromatic rings. The maximum atomic E-state index is 8.82. The minimum absolute atomic E-state index is 0.547. The monoisotopic (exact) mass is 307 g/mol. The van der Waals surface area contributed by atoms with Gasteiger partial charge in [-0.2, -0.15) is 5.26 Å². The Hall–Kier alpha value is -1.57. The minimum atomic E-state index is 0.547. The highest BCUT2D eigenvalue weighted by Crippen LogP contribution is 2.26. The normalized spacial score (nSPS) is 9.71. The predicted molar refractivity (Wildman–Crippen MR) is 71.4 cm³/mol. The molecule has 0 aliphatic heterocycles. The number of aromatic nitrogens is 1. The van der Waals surface area contributed by atoms with Crippen molar-refractivity contribution in [2.45, 2.75) is 0 Å². The van der Waals surface area contributed by atoms with Crippen molar-refractivity contribution in [2.75, 3.05) is 5.32 Å². The van der Waals surface area contributed by atoms with E-state index in [0.29, 0.717) is 22.1 Å². The number of halogens is 2. The number of nitrogens with zero attached hydrogens (tertiary/aromatic N) is 2. The standard InChI is InChI=1S/C12H7BrClN3/c13-11-2-1-3-12(17-11)16-10-6-8(7-15)4-5-9(10)14/h1-6H,(H,16,17). The van der Waals surface area contributed by atoms with Gasteiger partial charge in [-0.3, -0.25) is 0 Å². The van der Waals surface area contributed by atoms with Crippen molar-refractivity contribution in [1.82, 2.24) is 4.98 Å². The maximum Gasteiger partial charge on any atom is 0.131 e. The summed E-state index contributed by atoms with van der Waals surface area (Å²) in [4.78, 5) is 4.23. The Labute approximate surface area is 112 Å². The van der Waals surface area contributed by atoms with E-state index < -0.39 is 0 Å². The van der Waals surface area contributed by atoms with Crippen LogP contribution in [0.4, 0.5) is 11.5 Å². The Kier molecular flexibility index (Phi) is 3.62. The molecule has 0 aliphatic rings. The molecule has 0 saturated carbocycles. The highest BCUT2D eigenvalue weighted by Gasteiger charge is 2.03. The molecule has 1 heterocycles. The molecule has 0 bridgehead atoms. The van der Waals surface area contributed by atoms with E-state index in [9.17, 15) is 0 Å². The fraction of sp³-hybridized carbons (Fsp3) is 0. The first-order chi connectivity index (χ1) is 8.19. The van der Waals surface area contributed by atoms with E-state index in [1.54, 1.807) is 18.2 Å². The van der Waals surface area contributed by atoms with Gasteiger partial charge in [0.1, 0.15) is 10.4 Å². The molecule has 1 aromatic heterocycles. The lowest BCUT2D eigenvalue weighted by Crippen LogP contribution is -1.94. The lowest BCUT2D eigenvalue weighted by Gasteiger charge is -2.07. The smallest absolute Gasteiger partial charge is 0.131 e. The summed E-state index contributed by atoms with van der Waals surface area (Å²) < 4.78 is 0.732. The second-order valence-electron chi connectivity index (χ2n) is 3.28. The van der Waals surface area contributed by atoms with Crippen LogP contribution in [0.5, 0.6) is 0 Å². The van der Waals surface area contributed by atoms with Crippen molar-refractivity contribution in [2.24, 2.45) is 0 Å². The fourth-order valence-electron chi connectivity index (χ4n) is 1.31. The second kappa shape index (κ2) is 5.17. The van der Waals surface area contributed by atoms with Crippen molar-refractivity contribution in [3.63, 3.8) is 0 Å². The van der Waals surface area contributed by atoms with Crippen LogP contribution < -0.4 is 5.32 Å². The third-order valence-electron chi connectivity index (χ3n) is 2.07. The fourth-order valence-corrected chi connectivity index (χ4v) is 1.81. The first-order valence-electron chi connectivity index (χ1n) is 4.78. The third kappa shape index (κ3) is 2.96. The van der Waals surface area contributed by atoms with Crippen molar-refractivity contribution >= 4 is 39.0 Å². The zero-order chi connectivity index (χ0) is 12.3. The average Bonchev–Trinajstić information content (AvgIpc) is 2.32. The number of nitriles is 1. The van der Waals surface area contributed by atoms with Crippen LogP contribution in [0.1, 0.15) is 5.56 Å². The topological polar surface area (TPSA) is 48.7 Å². The molecule has 3 nitrogen and oxygen atoms in total. The van der Waals surface area contributed by atoms with Gasteiger partial charge in [0.15, 0.2) is 0 Å². The zero-order valence-corrected chi connectivity index (χ0v) is 11.0. The predicted octanol–water partition coefficient (Wildman–Crippen LogP) is 4.11. The Morgan fingerprint density at radius 3 is 2.82 bits per heavy atom. The lowest BCUT2D eigenvalue weighted by molar-refractivity contribution is 1.26. The van der Waals surface area contributed by atoms with Gasteiger partial charge in [0.05, 0.1) is 22.3 Å². The summed E-state index contributed by atoms with van der Waals surface area (Å²) in [6, 6.07) is 12.6. The van der Waals surface area contributed by atoms with E-state index >= 15 is 0 Å². The number of hydrogen-bond donors (Lipinski definition) is 1. The SMILES string of the molecule is N#Cc1ccc(Cl)c(Nc2cccc(Br)n2)c1. The largest absolute Gasteiger partial charge is 0.339 e. The Balaban J connectivity index is 2.33. The quantitative estimate of drug-likeness (QED) is 0.849. The van der Waals surface area contributed by atoms with Gasteiger partial charge < -0.3 is 5.32 Å². The Bertz CT molecular complexity index is 593. The summed E-state index contributed by atoms with van der Waals surface area (Å²) in [5.41, 5.74) is 1.21. The lowest BCUT2D eigenvalue weighted by atomic mass is 10.2. The average molecular weight is 309 g/mol. The summed E-state index contributed by atoms with van der Waals surface area (Å²) in [6.45, 7) is 0. The summed E-state index contributed by atoms with van der Waals surface area (Å²) in [5, 5.41) is 12.4. The maximum absolute atomic E-state index is 8.82. The molecule has 17 heavy (non-hydrogen) atoms. The van der Waals surface area contributed by atoms with Crippen LogP contribution in [0.15, 0.2) is 41.0 Å². The second-order valence-corrected chi connectivity index (χ2v) is 4.50. The Morgan fingerprint density at radius 2 is 2.12 bits per heavy atom. The van der Waals surface area contributed by atoms with Crippen LogP contribution in [0.25, 0.3) is 0 Å². The molecule has 0 amide bonds. The van der Waals surface area contributed by atoms with E-state index in [-0.39, 0.29) is 0 Å². The van der Waals surface area contributed by atoms with Crippen molar-refractivity contribution in [1.29, 1.82) is 5.26 Å². The summed E-state index contributed by atoms with van der Waals surface area (Å²) in [7, 11) is 0. The van der Waals surface area contributed by atoms with Crippen LogP contribution in [-0.2, 0) is 0 Å². The Morgan fingerprint density at radius 1 is 1.29 bits per heavy atom. The molecule has 1 aromatic carbocycles. The summed E-state index contributed by atoms with van der Waals surface area (Å²) in [5.74, 6) is 0.663. The molecule has 84 valence electrons. The molecular weight excluding hydrogens is 302 g/mol. The van der Waals surface area contributed by atoms with Gasteiger partial charge in [0, 0.05) is 0 Å². The van der Waals surface area contributed by atoms with Crippen LogP contribution in [0, 0.1) is 11.3 Å². The zero-order valence-electron chi connectivity index (χ0n) is 8.61. The van der Waals surface area contributed by atoms with Crippen LogP contribution in [-0.4, -0.2) is 4.98 Å². The van der Waals surface area contributed by atoms with Gasteiger partial charge in [-0.1, -0.05) is 17.7 Å². The molecule has 0 fully saturated rings. The number of nitrogens with one attached hydrogen (secondary N) is 1. The van der Waals surface area contributed by atoms with Crippen LogP contribution in [0.2, 0.25) is 5.02 Å². The number of benzene rings is 1. The van der Waals surface area contributed by atoms with E-state index in [4.69, 9.17) is 16.9 Å². The molecule has 0 unspecified atom stereocenters. The number of rotatable bonds is 2. The van der Waals surface area contributed by atoms with Gasteiger partial charge >= 0.3 is 0 Å². The van der Waals surface area contributed by atoms with Gasteiger partial charge in [-0.15, -0.1) is 0 Å². The van der Waals surface area contributed by atoms with Crippen molar-refractivity contribution in [3.8, 4) is 6.07 Å². The molecular formula is C12H7BrClN3. The van der Waals surface area contributed by atoms with Crippen LogP contribution in [0.3, 0.4) is 0 Å². The van der Waals surface area contributed by atoms with Gasteiger partial charge in [-0.25, -0.2) is 4.98 Å². The third-order valence-corrected chi connectivity index (χ3v) is 2.84. The van der Waals surface area contributed by atoms with Gasteiger partial charge in [-0.05, 0) is 46.3 Å². The number of pyridine rings is 1. The van der Waals surface area contributed by atoms with Gasteiger partial charge in [0.25, 0.3) is 0 Å². The molecule has 0 radical (unpaired) electrons.